The molecule has 2 nitrogen and oxygen atoms in total. The highest BCUT2D eigenvalue weighted by molar-refractivity contribution is 7.80. The average Bonchev–Trinajstić information content (AvgIpc) is 2.70. The molecule has 0 atom stereocenters. The maximum Gasteiger partial charge on any atom is 0.171 e. The molecule has 0 radical (unpaired) electrons. The smallest absolute Gasteiger partial charge is 0.171 e. The number of thiocarbonyl (C=S) groups is 1. The molecule has 0 saturated heterocycles. The zero-order valence-electron chi connectivity index (χ0n) is 18.1. The molecule has 1 aromatic rings. The molecule has 0 amide bonds. The second-order valence-electron chi connectivity index (χ2n) is 12.3. The van der Waals surface area contributed by atoms with Crippen molar-refractivity contribution in [3.05, 3.63) is 29.8 Å². The van der Waals surface area contributed by atoms with E-state index in [4.69, 9.17) is 12.2 Å². The van der Waals surface area contributed by atoms with Gasteiger partial charge in [0.1, 0.15) is 0 Å². The minimum Gasteiger partial charge on any atom is -0.359 e. The lowest BCUT2D eigenvalue weighted by molar-refractivity contribution is -0.00665. The molecule has 0 spiro atoms. The third kappa shape index (κ3) is 2.98. The Morgan fingerprint density at radius 3 is 1.73 bits per heavy atom. The first-order chi connectivity index (χ1) is 14.6. The van der Waals surface area contributed by atoms with Crippen molar-refractivity contribution in [2.45, 2.75) is 82.1 Å². The van der Waals surface area contributed by atoms with Gasteiger partial charge < -0.3 is 10.6 Å². The molecule has 0 heterocycles. The normalized spacial score (nSPS) is 47.5. The van der Waals surface area contributed by atoms with Crippen molar-refractivity contribution in [3.8, 4) is 0 Å². The number of hydrogen-bond acceptors (Lipinski definition) is 1. The largest absolute Gasteiger partial charge is 0.359 e. The summed E-state index contributed by atoms with van der Waals surface area (Å²) in [7, 11) is 0. The molecule has 0 unspecified atom stereocenters. The van der Waals surface area contributed by atoms with Crippen molar-refractivity contribution in [2.75, 3.05) is 5.32 Å². The highest BCUT2D eigenvalue weighted by Gasteiger charge is 2.51. The molecular weight excluding hydrogens is 384 g/mol. The SMILES string of the molecule is S=C(Nc1ccc(C23CC4CC(CC(C4)C2)C3)cc1)NC1C2CC3CC(C2)CC1C3. The molecule has 8 aliphatic carbocycles. The Labute approximate surface area is 187 Å². The zero-order chi connectivity index (χ0) is 19.9. The minimum absolute atomic E-state index is 0.492. The van der Waals surface area contributed by atoms with E-state index in [2.05, 4.69) is 34.9 Å². The van der Waals surface area contributed by atoms with Crippen molar-refractivity contribution in [1.82, 2.24) is 5.32 Å². The maximum atomic E-state index is 5.76. The summed E-state index contributed by atoms with van der Waals surface area (Å²) in [6, 6.07) is 10.0. The van der Waals surface area contributed by atoms with Gasteiger partial charge in [-0.1, -0.05) is 12.1 Å². The van der Waals surface area contributed by atoms with Gasteiger partial charge in [0.05, 0.1) is 0 Å². The van der Waals surface area contributed by atoms with Crippen LogP contribution in [-0.4, -0.2) is 11.2 Å². The summed E-state index contributed by atoms with van der Waals surface area (Å²) in [5, 5.41) is 8.12. The van der Waals surface area contributed by atoms with Crippen molar-refractivity contribution >= 4 is 23.0 Å². The molecule has 8 bridgehead atoms. The van der Waals surface area contributed by atoms with Crippen molar-refractivity contribution in [3.63, 3.8) is 0 Å². The standard InChI is InChI=1S/C27H36N2S/c30-26(29-25-21-9-16-5-17(11-21)12-22(25)10-16)28-24-3-1-23(2-4-24)27-13-18-6-19(14-27)8-20(7-18)15-27/h1-4,16-22,25H,5-15H2,(H2,28,29,30). The third-order valence-electron chi connectivity index (χ3n) is 10.3. The number of rotatable bonds is 3. The second-order valence-corrected chi connectivity index (χ2v) is 12.7. The van der Waals surface area contributed by atoms with E-state index in [-0.39, 0.29) is 0 Å². The molecular formula is C27H36N2S. The van der Waals surface area contributed by atoms with Gasteiger partial charge in [-0.25, -0.2) is 0 Å². The van der Waals surface area contributed by atoms with E-state index in [0.717, 1.165) is 52.2 Å². The first-order valence-corrected chi connectivity index (χ1v) is 13.2. The van der Waals surface area contributed by atoms with Gasteiger partial charge in [-0.2, -0.15) is 0 Å². The minimum atomic E-state index is 0.492. The molecule has 8 fully saturated rings. The molecule has 0 aromatic heterocycles. The number of anilines is 1. The van der Waals surface area contributed by atoms with Gasteiger partial charge in [-0.3, -0.25) is 0 Å². The Bertz CT molecular complexity index is 780. The second kappa shape index (κ2) is 6.70. The molecule has 9 rings (SSSR count). The first kappa shape index (κ1) is 18.5. The van der Waals surface area contributed by atoms with Crippen LogP contribution in [0.4, 0.5) is 5.69 Å². The highest BCUT2D eigenvalue weighted by atomic mass is 32.1. The quantitative estimate of drug-likeness (QED) is 0.564. The fraction of sp³-hybridized carbons (Fsp3) is 0.741. The Hall–Kier alpha value is -1.09. The molecule has 8 aliphatic rings. The Morgan fingerprint density at radius 2 is 1.20 bits per heavy atom. The van der Waals surface area contributed by atoms with E-state index in [1.807, 2.05) is 0 Å². The Kier molecular flexibility index (Phi) is 4.13. The van der Waals surface area contributed by atoms with Crippen molar-refractivity contribution < 1.29 is 0 Å². The summed E-state index contributed by atoms with van der Waals surface area (Å²) in [6.45, 7) is 0. The van der Waals surface area contributed by atoms with E-state index >= 15 is 0 Å². The van der Waals surface area contributed by atoms with Crippen LogP contribution in [0.5, 0.6) is 0 Å². The first-order valence-electron chi connectivity index (χ1n) is 12.8. The van der Waals surface area contributed by atoms with Gasteiger partial charge in [0.15, 0.2) is 5.11 Å². The lowest BCUT2D eigenvalue weighted by Crippen LogP contribution is -2.56. The van der Waals surface area contributed by atoms with Crippen LogP contribution >= 0.6 is 12.2 Å². The summed E-state index contributed by atoms with van der Waals surface area (Å²) in [5.41, 5.74) is 3.25. The van der Waals surface area contributed by atoms with Crippen molar-refractivity contribution in [2.24, 2.45) is 41.4 Å². The summed E-state index contributed by atoms with van der Waals surface area (Å²) in [4.78, 5) is 0. The predicted octanol–water partition coefficient (Wildman–Crippen LogP) is 6.27. The van der Waals surface area contributed by atoms with Gasteiger partial charge in [0.2, 0.25) is 0 Å². The molecule has 8 saturated carbocycles. The maximum absolute atomic E-state index is 5.76. The van der Waals surface area contributed by atoms with E-state index in [1.165, 1.54) is 70.6 Å². The summed E-state index contributed by atoms with van der Waals surface area (Å²) < 4.78 is 0. The van der Waals surface area contributed by atoms with E-state index < -0.39 is 0 Å². The van der Waals surface area contributed by atoms with Crippen LogP contribution < -0.4 is 10.6 Å². The van der Waals surface area contributed by atoms with Gasteiger partial charge in [0.25, 0.3) is 0 Å². The van der Waals surface area contributed by atoms with Crippen LogP contribution in [0.25, 0.3) is 0 Å². The van der Waals surface area contributed by atoms with Crippen LogP contribution in [0.2, 0.25) is 0 Å². The Balaban J connectivity index is 1.02. The lowest BCUT2D eigenvalue weighted by atomic mass is 9.48. The fourth-order valence-corrected chi connectivity index (χ4v) is 10.1. The van der Waals surface area contributed by atoms with Gasteiger partial charge in [-0.15, -0.1) is 0 Å². The van der Waals surface area contributed by atoms with Gasteiger partial charge >= 0.3 is 0 Å². The van der Waals surface area contributed by atoms with Crippen LogP contribution in [-0.2, 0) is 5.41 Å². The third-order valence-corrected chi connectivity index (χ3v) is 10.5. The summed E-state index contributed by atoms with van der Waals surface area (Å²) in [6.07, 6.45) is 16.1. The van der Waals surface area contributed by atoms with E-state index in [1.54, 1.807) is 5.56 Å². The lowest BCUT2D eigenvalue weighted by Gasteiger charge is -2.57. The topological polar surface area (TPSA) is 24.1 Å². The highest BCUT2D eigenvalue weighted by Crippen LogP contribution is 2.60. The van der Waals surface area contributed by atoms with Gasteiger partial charge in [-0.05, 0) is 147 Å². The summed E-state index contributed by atoms with van der Waals surface area (Å²) in [5.74, 6) is 6.78. The fourth-order valence-electron chi connectivity index (χ4n) is 9.85. The van der Waals surface area contributed by atoms with E-state index in [9.17, 15) is 0 Å². The number of benzene rings is 1. The monoisotopic (exact) mass is 420 g/mol. The van der Waals surface area contributed by atoms with Crippen LogP contribution in [0.15, 0.2) is 24.3 Å². The van der Waals surface area contributed by atoms with Crippen LogP contribution in [0, 0.1) is 41.4 Å². The Morgan fingerprint density at radius 1 is 0.700 bits per heavy atom. The number of hydrogen-bond donors (Lipinski definition) is 2. The molecule has 0 aliphatic heterocycles. The molecule has 30 heavy (non-hydrogen) atoms. The van der Waals surface area contributed by atoms with Gasteiger partial charge in [0, 0.05) is 11.7 Å². The average molecular weight is 421 g/mol. The van der Waals surface area contributed by atoms with Crippen molar-refractivity contribution in [1.29, 1.82) is 0 Å². The van der Waals surface area contributed by atoms with Crippen LogP contribution in [0.1, 0.15) is 76.2 Å². The molecule has 2 N–H and O–H groups in total. The molecule has 160 valence electrons. The number of nitrogens with one attached hydrogen (secondary N) is 2. The molecule has 1 aromatic carbocycles. The molecule has 3 heteroatoms. The predicted molar refractivity (Wildman–Crippen MR) is 126 cm³/mol. The zero-order valence-corrected chi connectivity index (χ0v) is 18.9. The summed E-state index contributed by atoms with van der Waals surface area (Å²) >= 11 is 5.76. The van der Waals surface area contributed by atoms with Crippen LogP contribution in [0.3, 0.4) is 0 Å². The van der Waals surface area contributed by atoms with E-state index in [0.29, 0.717) is 11.5 Å².